The lowest BCUT2D eigenvalue weighted by Crippen LogP contribution is -2.01. The third-order valence-corrected chi connectivity index (χ3v) is 13.2. The van der Waals surface area contributed by atoms with E-state index in [4.69, 9.17) is 15.0 Å². The number of rotatable bonds is 8. The first-order valence-electron chi connectivity index (χ1n) is 23.0. The van der Waals surface area contributed by atoms with E-state index in [1.807, 2.05) is 12.1 Å². The predicted molar refractivity (Wildman–Crippen MR) is 281 cm³/mol. The molecule has 0 radical (unpaired) electrons. The van der Waals surface area contributed by atoms with Crippen LogP contribution in [0.25, 0.3) is 123 Å². The summed E-state index contributed by atoms with van der Waals surface area (Å²) in [6.45, 7) is 0. The molecule has 68 heavy (non-hydrogen) atoms. The summed E-state index contributed by atoms with van der Waals surface area (Å²) in [6, 6.07) is 88.1. The zero-order chi connectivity index (χ0) is 45.0. The molecule has 0 amide bonds. The topological polar surface area (TPSA) is 48.5 Å². The standard InChI is InChI=1S/C63H41N5/c1-4-17-42(18-5-1)43-31-33-44(34-32-43)45-35-37-47(38-36-45)61-64-62(66-63(65-61)54-26-11-10-23-50(54)46-19-6-2-7-20-46)48-39-40-58-55(41-48)52-25-13-15-29-57(52)68(58)59-30-16-27-53-51-24-12-14-28-56(51)67(60(53)59)49-21-8-3-9-22-49/h1-41H. The van der Waals surface area contributed by atoms with Crippen LogP contribution in [0.5, 0.6) is 0 Å². The molecule has 0 saturated carbocycles. The van der Waals surface area contributed by atoms with E-state index < -0.39 is 0 Å². The van der Waals surface area contributed by atoms with E-state index in [1.165, 1.54) is 27.4 Å². The van der Waals surface area contributed by atoms with Gasteiger partial charge in [0.2, 0.25) is 0 Å². The van der Waals surface area contributed by atoms with Crippen LogP contribution in [-0.4, -0.2) is 24.1 Å². The van der Waals surface area contributed by atoms with Gasteiger partial charge in [-0.15, -0.1) is 0 Å². The van der Waals surface area contributed by atoms with E-state index in [9.17, 15) is 0 Å². The number of fused-ring (bicyclic) bond motifs is 6. The number of benzene rings is 10. The Morgan fingerprint density at radius 3 is 1.35 bits per heavy atom. The molecule has 318 valence electrons. The Balaban J connectivity index is 0.975. The van der Waals surface area contributed by atoms with Gasteiger partial charge in [0.15, 0.2) is 17.5 Å². The number of hydrogen-bond donors (Lipinski definition) is 0. The third-order valence-electron chi connectivity index (χ3n) is 13.2. The van der Waals surface area contributed by atoms with Crippen molar-refractivity contribution in [1.29, 1.82) is 0 Å². The summed E-state index contributed by atoms with van der Waals surface area (Å²) in [4.78, 5) is 15.8. The zero-order valence-electron chi connectivity index (χ0n) is 36.9. The highest BCUT2D eigenvalue weighted by molar-refractivity contribution is 6.15. The van der Waals surface area contributed by atoms with Crippen LogP contribution < -0.4 is 0 Å². The monoisotopic (exact) mass is 867 g/mol. The number of aromatic nitrogens is 5. The maximum atomic E-state index is 5.31. The highest BCUT2D eigenvalue weighted by atomic mass is 15.1. The molecule has 0 spiro atoms. The summed E-state index contributed by atoms with van der Waals surface area (Å²) in [6.07, 6.45) is 0. The molecule has 13 aromatic rings. The van der Waals surface area contributed by atoms with Gasteiger partial charge in [-0.3, -0.25) is 0 Å². The fourth-order valence-electron chi connectivity index (χ4n) is 10.00. The van der Waals surface area contributed by atoms with Crippen LogP contribution in [-0.2, 0) is 0 Å². The van der Waals surface area contributed by atoms with Crippen molar-refractivity contribution in [3.05, 3.63) is 249 Å². The van der Waals surface area contributed by atoms with E-state index in [1.54, 1.807) is 0 Å². The second kappa shape index (κ2) is 16.4. The largest absolute Gasteiger partial charge is 0.307 e. The number of nitrogens with zero attached hydrogens (tertiary/aromatic N) is 5. The van der Waals surface area contributed by atoms with Crippen LogP contribution in [0.3, 0.4) is 0 Å². The quantitative estimate of drug-likeness (QED) is 0.153. The highest BCUT2D eigenvalue weighted by Crippen LogP contribution is 2.41. The Kier molecular flexibility index (Phi) is 9.43. The van der Waals surface area contributed by atoms with Gasteiger partial charge in [-0.2, -0.15) is 0 Å². The van der Waals surface area contributed by atoms with Gasteiger partial charge in [-0.25, -0.2) is 15.0 Å². The fourth-order valence-corrected chi connectivity index (χ4v) is 10.00. The zero-order valence-corrected chi connectivity index (χ0v) is 36.9. The summed E-state index contributed by atoms with van der Waals surface area (Å²) >= 11 is 0. The average molecular weight is 868 g/mol. The van der Waals surface area contributed by atoms with Crippen LogP contribution in [0.4, 0.5) is 0 Å². The van der Waals surface area contributed by atoms with Crippen molar-refractivity contribution in [2.24, 2.45) is 0 Å². The second-order valence-corrected chi connectivity index (χ2v) is 17.2. The molecule has 0 unspecified atom stereocenters. The predicted octanol–water partition coefficient (Wildman–Crippen LogP) is 16.1. The van der Waals surface area contributed by atoms with Crippen molar-refractivity contribution in [1.82, 2.24) is 24.1 Å². The van der Waals surface area contributed by atoms with Crippen molar-refractivity contribution in [3.8, 4) is 78.9 Å². The lowest BCUT2D eigenvalue weighted by atomic mass is 9.99. The van der Waals surface area contributed by atoms with Crippen molar-refractivity contribution in [2.75, 3.05) is 0 Å². The molecule has 5 heteroatoms. The summed E-state index contributed by atoms with van der Waals surface area (Å²) in [7, 11) is 0. The summed E-state index contributed by atoms with van der Waals surface area (Å²) in [5.41, 5.74) is 16.4. The Bertz CT molecular complexity index is 3980. The van der Waals surface area contributed by atoms with E-state index in [0.29, 0.717) is 17.5 Å². The molecule has 13 rings (SSSR count). The van der Waals surface area contributed by atoms with Gasteiger partial charge in [0.1, 0.15) is 0 Å². The lowest BCUT2D eigenvalue weighted by Gasteiger charge is -2.14. The van der Waals surface area contributed by atoms with E-state index in [-0.39, 0.29) is 0 Å². The van der Waals surface area contributed by atoms with Gasteiger partial charge in [-0.05, 0) is 81.9 Å². The molecule has 10 aromatic carbocycles. The van der Waals surface area contributed by atoms with E-state index in [0.717, 1.165) is 77.6 Å². The normalized spacial score (nSPS) is 11.5. The van der Waals surface area contributed by atoms with Crippen LogP contribution in [0, 0.1) is 0 Å². The minimum absolute atomic E-state index is 0.610. The van der Waals surface area contributed by atoms with Gasteiger partial charge in [-0.1, -0.05) is 200 Å². The van der Waals surface area contributed by atoms with Crippen LogP contribution in [0.15, 0.2) is 249 Å². The molecule has 0 fully saturated rings. The second-order valence-electron chi connectivity index (χ2n) is 17.2. The fraction of sp³-hybridized carbons (Fsp3) is 0. The molecular formula is C63H41N5. The maximum Gasteiger partial charge on any atom is 0.164 e. The van der Waals surface area contributed by atoms with Crippen LogP contribution in [0.2, 0.25) is 0 Å². The van der Waals surface area contributed by atoms with Crippen molar-refractivity contribution >= 4 is 43.6 Å². The van der Waals surface area contributed by atoms with Crippen molar-refractivity contribution in [2.45, 2.75) is 0 Å². The van der Waals surface area contributed by atoms with Gasteiger partial charge < -0.3 is 9.13 Å². The Morgan fingerprint density at radius 2 is 0.691 bits per heavy atom. The Hall–Kier alpha value is -9.19. The number of hydrogen-bond acceptors (Lipinski definition) is 3. The van der Waals surface area contributed by atoms with Gasteiger partial charge in [0.05, 0.1) is 27.8 Å². The molecule has 0 N–H and O–H groups in total. The van der Waals surface area contributed by atoms with Gasteiger partial charge in [0.25, 0.3) is 0 Å². The minimum Gasteiger partial charge on any atom is -0.307 e. The lowest BCUT2D eigenvalue weighted by molar-refractivity contribution is 1.07. The molecule has 3 aromatic heterocycles. The molecule has 0 aliphatic heterocycles. The minimum atomic E-state index is 0.610. The first-order valence-corrected chi connectivity index (χ1v) is 23.0. The summed E-state index contributed by atoms with van der Waals surface area (Å²) in [5.74, 6) is 1.84. The smallest absolute Gasteiger partial charge is 0.164 e. The molecule has 0 saturated heterocycles. The Morgan fingerprint density at radius 1 is 0.250 bits per heavy atom. The molecule has 0 aliphatic carbocycles. The van der Waals surface area contributed by atoms with Gasteiger partial charge in [0, 0.05) is 43.9 Å². The molecule has 0 bridgehead atoms. The van der Waals surface area contributed by atoms with E-state index >= 15 is 0 Å². The van der Waals surface area contributed by atoms with Crippen LogP contribution in [0.1, 0.15) is 0 Å². The first kappa shape index (κ1) is 39.2. The van der Waals surface area contributed by atoms with Crippen molar-refractivity contribution in [3.63, 3.8) is 0 Å². The molecule has 0 atom stereocenters. The molecule has 0 aliphatic rings. The molecular weight excluding hydrogens is 827 g/mol. The highest BCUT2D eigenvalue weighted by Gasteiger charge is 2.22. The molecule has 5 nitrogen and oxygen atoms in total. The van der Waals surface area contributed by atoms with Gasteiger partial charge >= 0.3 is 0 Å². The summed E-state index contributed by atoms with van der Waals surface area (Å²) < 4.78 is 4.83. The maximum absolute atomic E-state index is 5.31. The number of para-hydroxylation sites is 4. The molecule has 3 heterocycles. The first-order chi connectivity index (χ1) is 33.7. The SMILES string of the molecule is c1ccc(-c2ccc(-c3ccc(-c4nc(-c5ccc6c(c5)c5ccccc5n6-c5cccc6c7ccccc7n(-c7ccccc7)c56)nc(-c5ccccc5-c5ccccc5)n4)cc3)cc2)cc1. The van der Waals surface area contributed by atoms with E-state index in [2.05, 4.69) is 246 Å². The van der Waals surface area contributed by atoms with Crippen LogP contribution >= 0.6 is 0 Å². The summed E-state index contributed by atoms with van der Waals surface area (Å²) in [5, 5.41) is 4.70. The van der Waals surface area contributed by atoms with Crippen molar-refractivity contribution < 1.29 is 0 Å². The third kappa shape index (κ3) is 6.68. The average Bonchev–Trinajstić information content (AvgIpc) is 3.94. The Labute approximate surface area is 393 Å².